The highest BCUT2D eigenvalue weighted by molar-refractivity contribution is 6.01. The van der Waals surface area contributed by atoms with Crippen LogP contribution < -0.4 is 15.0 Å². The first kappa shape index (κ1) is 19.5. The summed E-state index contributed by atoms with van der Waals surface area (Å²) < 4.78 is 5.61. The van der Waals surface area contributed by atoms with E-state index in [9.17, 15) is 9.59 Å². The van der Waals surface area contributed by atoms with Crippen molar-refractivity contribution in [1.82, 2.24) is 0 Å². The molecule has 0 aliphatic rings. The molecule has 0 bridgehead atoms. The van der Waals surface area contributed by atoms with Gasteiger partial charge >= 0.3 is 0 Å². The fourth-order valence-electron chi connectivity index (χ4n) is 2.52. The zero-order chi connectivity index (χ0) is 19.3. The maximum Gasteiger partial charge on any atom is 0.244 e. The van der Waals surface area contributed by atoms with Gasteiger partial charge in [0.2, 0.25) is 11.8 Å². The number of carbonyl (C=O) groups is 2. The summed E-state index contributed by atoms with van der Waals surface area (Å²) in [4.78, 5) is 25.8. The van der Waals surface area contributed by atoms with Crippen molar-refractivity contribution in [3.8, 4) is 5.75 Å². The van der Waals surface area contributed by atoms with Crippen LogP contribution in [0.25, 0.3) is 0 Å². The van der Waals surface area contributed by atoms with Gasteiger partial charge in [0.05, 0.1) is 6.10 Å². The fourth-order valence-corrected chi connectivity index (χ4v) is 2.52. The minimum Gasteiger partial charge on any atom is -0.491 e. The van der Waals surface area contributed by atoms with Gasteiger partial charge in [0.1, 0.15) is 12.3 Å². The normalized spacial score (nSPS) is 10.5. The van der Waals surface area contributed by atoms with E-state index in [1.165, 1.54) is 11.8 Å². The van der Waals surface area contributed by atoms with Crippen molar-refractivity contribution in [1.29, 1.82) is 0 Å². The number of ether oxygens (including phenoxy) is 1. The Hall–Kier alpha value is -2.82. The average molecular weight is 354 g/mol. The average Bonchev–Trinajstić information content (AvgIpc) is 2.56. The summed E-state index contributed by atoms with van der Waals surface area (Å²) in [6.45, 7) is 9.31. The third-order valence-corrected chi connectivity index (χ3v) is 3.99. The van der Waals surface area contributed by atoms with Crippen LogP contribution in [-0.4, -0.2) is 24.5 Å². The predicted octanol–water partition coefficient (Wildman–Crippen LogP) is 4.08. The molecule has 0 unspecified atom stereocenters. The van der Waals surface area contributed by atoms with Gasteiger partial charge < -0.3 is 15.0 Å². The summed E-state index contributed by atoms with van der Waals surface area (Å²) in [6.07, 6.45) is 0.0773. The van der Waals surface area contributed by atoms with Gasteiger partial charge in [-0.15, -0.1) is 0 Å². The van der Waals surface area contributed by atoms with E-state index in [0.717, 1.165) is 22.6 Å². The highest BCUT2D eigenvalue weighted by Gasteiger charge is 2.16. The van der Waals surface area contributed by atoms with Gasteiger partial charge in [-0.2, -0.15) is 0 Å². The molecule has 0 aliphatic carbocycles. The van der Waals surface area contributed by atoms with Crippen LogP contribution in [0.1, 0.15) is 31.9 Å². The largest absolute Gasteiger partial charge is 0.491 e. The molecule has 1 N–H and O–H groups in total. The van der Waals surface area contributed by atoms with Gasteiger partial charge in [0, 0.05) is 18.3 Å². The first-order valence-corrected chi connectivity index (χ1v) is 8.68. The van der Waals surface area contributed by atoms with Crippen LogP contribution in [0.2, 0.25) is 0 Å². The van der Waals surface area contributed by atoms with Gasteiger partial charge in [-0.3, -0.25) is 9.59 Å². The maximum atomic E-state index is 12.4. The molecule has 0 radical (unpaired) electrons. The fraction of sp³-hybridized carbons (Fsp3) is 0.333. The number of aryl methyl sites for hydroxylation is 2. The summed E-state index contributed by atoms with van der Waals surface area (Å²) in [5.74, 6) is 0.288. The molecule has 0 fully saturated rings. The van der Waals surface area contributed by atoms with Crippen molar-refractivity contribution >= 4 is 23.2 Å². The molecule has 0 saturated heterocycles. The molecule has 2 rings (SSSR count). The first-order chi connectivity index (χ1) is 12.3. The number of carbonyl (C=O) groups excluding carboxylic acids is 2. The summed E-state index contributed by atoms with van der Waals surface area (Å²) >= 11 is 0. The Kier molecular flexibility index (Phi) is 6.39. The van der Waals surface area contributed by atoms with Crippen LogP contribution >= 0.6 is 0 Å². The third kappa shape index (κ3) is 5.34. The Morgan fingerprint density at radius 1 is 1.04 bits per heavy atom. The zero-order valence-corrected chi connectivity index (χ0v) is 16.0. The molecule has 0 saturated carbocycles. The summed E-state index contributed by atoms with van der Waals surface area (Å²) in [7, 11) is 0. The van der Waals surface area contributed by atoms with Crippen molar-refractivity contribution < 1.29 is 14.3 Å². The number of rotatable bonds is 6. The molecule has 26 heavy (non-hydrogen) atoms. The molecule has 0 heterocycles. The monoisotopic (exact) mass is 354 g/mol. The molecule has 5 heteroatoms. The maximum absolute atomic E-state index is 12.4. The highest BCUT2D eigenvalue weighted by atomic mass is 16.5. The van der Waals surface area contributed by atoms with Crippen LogP contribution in [0.5, 0.6) is 5.75 Å². The standard InChI is InChI=1S/C21H26N2O3/c1-14(2)26-20-10-8-19(9-11-20)23(17(5)24)13-21(25)22-18-7-6-15(3)16(4)12-18/h6-12,14H,13H2,1-5H3,(H,22,25). The van der Waals surface area contributed by atoms with E-state index >= 15 is 0 Å². The summed E-state index contributed by atoms with van der Waals surface area (Å²) in [5, 5.41) is 2.85. The van der Waals surface area contributed by atoms with Crippen LogP contribution in [0.3, 0.4) is 0 Å². The van der Waals surface area contributed by atoms with Crippen LogP contribution in [0.15, 0.2) is 42.5 Å². The Morgan fingerprint density at radius 3 is 2.23 bits per heavy atom. The van der Waals surface area contributed by atoms with E-state index < -0.39 is 0 Å². The van der Waals surface area contributed by atoms with Gasteiger partial charge in [0.15, 0.2) is 0 Å². The van der Waals surface area contributed by atoms with Gasteiger partial charge in [0.25, 0.3) is 0 Å². The molecular formula is C21H26N2O3. The zero-order valence-electron chi connectivity index (χ0n) is 16.0. The van der Waals surface area contributed by atoms with Crippen molar-refractivity contribution in [2.24, 2.45) is 0 Å². The predicted molar refractivity (Wildman–Crippen MR) is 105 cm³/mol. The third-order valence-electron chi connectivity index (χ3n) is 3.99. The molecule has 2 aromatic carbocycles. The van der Waals surface area contributed by atoms with Crippen LogP contribution in [0.4, 0.5) is 11.4 Å². The lowest BCUT2D eigenvalue weighted by atomic mass is 10.1. The number of benzene rings is 2. The van der Waals surface area contributed by atoms with Gasteiger partial charge in [-0.05, 0) is 75.2 Å². The molecule has 0 aromatic heterocycles. The van der Waals surface area contributed by atoms with E-state index in [1.54, 1.807) is 24.3 Å². The molecule has 5 nitrogen and oxygen atoms in total. The highest BCUT2D eigenvalue weighted by Crippen LogP contribution is 2.21. The minimum atomic E-state index is -0.244. The molecule has 2 aromatic rings. The Morgan fingerprint density at radius 2 is 1.69 bits per heavy atom. The lowest BCUT2D eigenvalue weighted by Gasteiger charge is -2.21. The summed E-state index contributed by atoms with van der Waals surface area (Å²) in [5.41, 5.74) is 3.65. The Bertz CT molecular complexity index is 782. The second kappa shape index (κ2) is 8.52. The second-order valence-electron chi connectivity index (χ2n) is 6.61. The lowest BCUT2D eigenvalue weighted by Crippen LogP contribution is -2.36. The van der Waals surface area contributed by atoms with E-state index in [0.29, 0.717) is 5.69 Å². The Balaban J connectivity index is 2.08. The molecule has 138 valence electrons. The quantitative estimate of drug-likeness (QED) is 0.850. The Labute approximate surface area is 155 Å². The topological polar surface area (TPSA) is 58.6 Å². The van der Waals surface area contributed by atoms with Crippen molar-refractivity contribution in [3.05, 3.63) is 53.6 Å². The van der Waals surface area contributed by atoms with Gasteiger partial charge in [-0.25, -0.2) is 0 Å². The smallest absolute Gasteiger partial charge is 0.244 e. The van der Waals surface area contributed by atoms with Crippen LogP contribution in [0, 0.1) is 13.8 Å². The number of hydrogen-bond donors (Lipinski definition) is 1. The number of amides is 2. The van der Waals surface area contributed by atoms with Gasteiger partial charge in [-0.1, -0.05) is 6.07 Å². The van der Waals surface area contributed by atoms with E-state index in [-0.39, 0.29) is 24.5 Å². The second-order valence-corrected chi connectivity index (χ2v) is 6.61. The van der Waals surface area contributed by atoms with E-state index in [4.69, 9.17) is 4.74 Å². The van der Waals surface area contributed by atoms with E-state index in [2.05, 4.69) is 5.32 Å². The van der Waals surface area contributed by atoms with E-state index in [1.807, 2.05) is 45.9 Å². The molecule has 0 atom stereocenters. The minimum absolute atomic E-state index is 0.0490. The van der Waals surface area contributed by atoms with Crippen molar-refractivity contribution in [3.63, 3.8) is 0 Å². The molecular weight excluding hydrogens is 328 g/mol. The van der Waals surface area contributed by atoms with Crippen molar-refractivity contribution in [2.75, 3.05) is 16.8 Å². The number of nitrogens with one attached hydrogen (secondary N) is 1. The lowest BCUT2D eigenvalue weighted by molar-refractivity contribution is -0.120. The number of nitrogens with zero attached hydrogens (tertiary/aromatic N) is 1. The molecule has 0 spiro atoms. The first-order valence-electron chi connectivity index (χ1n) is 8.68. The van der Waals surface area contributed by atoms with Crippen LogP contribution in [-0.2, 0) is 9.59 Å². The SMILES string of the molecule is CC(=O)N(CC(=O)Nc1ccc(C)c(C)c1)c1ccc(OC(C)C)cc1. The van der Waals surface area contributed by atoms with Crippen molar-refractivity contribution in [2.45, 2.75) is 40.7 Å². The number of hydrogen-bond acceptors (Lipinski definition) is 3. The molecule has 0 aliphatic heterocycles. The number of anilines is 2. The molecule has 2 amide bonds. The summed E-state index contributed by atoms with van der Waals surface area (Å²) in [6, 6.07) is 12.9.